The van der Waals surface area contributed by atoms with E-state index < -0.39 is 0 Å². The van der Waals surface area contributed by atoms with E-state index in [1.807, 2.05) is 19.2 Å². The number of rotatable bonds is 3. The summed E-state index contributed by atoms with van der Waals surface area (Å²) in [4.78, 5) is 4.91. The molecule has 1 heterocycles. The van der Waals surface area contributed by atoms with Gasteiger partial charge in [-0.3, -0.25) is 0 Å². The average Bonchev–Trinajstić information content (AvgIpc) is 2.54. The van der Waals surface area contributed by atoms with Crippen LogP contribution in [0.2, 0.25) is 5.02 Å². The summed E-state index contributed by atoms with van der Waals surface area (Å²) in [5.74, 6) is 0. The molecule has 3 nitrogen and oxygen atoms in total. The molecule has 1 aliphatic rings. The summed E-state index contributed by atoms with van der Waals surface area (Å²) in [6, 6.07) is 8.74. The highest BCUT2D eigenvalue weighted by Gasteiger charge is 2.21. The van der Waals surface area contributed by atoms with Gasteiger partial charge in [-0.2, -0.15) is 0 Å². The number of hydrogen-bond donors (Lipinski definition) is 1. The van der Waals surface area contributed by atoms with Crippen LogP contribution in [0.5, 0.6) is 0 Å². The van der Waals surface area contributed by atoms with Crippen molar-refractivity contribution in [2.45, 2.75) is 12.5 Å². The Bertz CT molecular complexity index is 366. The molecule has 0 saturated carbocycles. The second-order valence-electron chi connectivity index (χ2n) is 4.97. The van der Waals surface area contributed by atoms with Gasteiger partial charge in [0.05, 0.1) is 0 Å². The van der Waals surface area contributed by atoms with Gasteiger partial charge in [0.1, 0.15) is 0 Å². The van der Waals surface area contributed by atoms with Crippen LogP contribution in [0.4, 0.5) is 5.69 Å². The smallest absolute Gasteiger partial charge is 0.0407 e. The van der Waals surface area contributed by atoms with Crippen LogP contribution >= 0.6 is 11.6 Å². The first-order chi connectivity index (χ1) is 8.70. The first kappa shape index (κ1) is 13.7. The first-order valence-corrected chi connectivity index (χ1v) is 6.94. The molecule has 0 bridgehead atoms. The number of likely N-dealkylation sites (N-methyl/N-ethyl adjacent to an activating group) is 2. The van der Waals surface area contributed by atoms with E-state index >= 15 is 0 Å². The SMILES string of the molecule is CNCC1CN(c2ccc(Cl)cc2)CCCN1C. The third-order valence-electron chi connectivity index (χ3n) is 3.62. The highest BCUT2D eigenvalue weighted by atomic mass is 35.5. The van der Waals surface area contributed by atoms with Crippen molar-refractivity contribution in [2.24, 2.45) is 0 Å². The minimum atomic E-state index is 0.563. The summed E-state index contributed by atoms with van der Waals surface area (Å²) >= 11 is 5.95. The molecule has 1 aromatic carbocycles. The molecule has 0 aliphatic carbocycles. The molecule has 1 unspecified atom stereocenters. The molecule has 1 atom stereocenters. The van der Waals surface area contributed by atoms with E-state index in [1.54, 1.807) is 0 Å². The predicted octanol–water partition coefficient (Wildman–Crippen LogP) is 2.07. The van der Waals surface area contributed by atoms with Crippen molar-refractivity contribution in [1.82, 2.24) is 10.2 Å². The molecule has 1 N–H and O–H groups in total. The molecule has 1 aliphatic heterocycles. The number of nitrogens with zero attached hydrogens (tertiary/aromatic N) is 2. The van der Waals surface area contributed by atoms with E-state index in [9.17, 15) is 0 Å². The van der Waals surface area contributed by atoms with Gasteiger partial charge in [-0.05, 0) is 51.3 Å². The van der Waals surface area contributed by atoms with Crippen LogP contribution in [0, 0.1) is 0 Å². The Hall–Kier alpha value is -0.770. The Morgan fingerprint density at radius 2 is 2.00 bits per heavy atom. The fourth-order valence-corrected chi connectivity index (χ4v) is 2.65. The Labute approximate surface area is 115 Å². The lowest BCUT2D eigenvalue weighted by Gasteiger charge is -2.30. The molecule has 18 heavy (non-hydrogen) atoms. The largest absolute Gasteiger partial charge is 0.370 e. The Balaban J connectivity index is 2.10. The maximum Gasteiger partial charge on any atom is 0.0407 e. The fraction of sp³-hybridized carbons (Fsp3) is 0.571. The highest BCUT2D eigenvalue weighted by molar-refractivity contribution is 6.30. The van der Waals surface area contributed by atoms with Crippen LogP contribution in [0.1, 0.15) is 6.42 Å². The monoisotopic (exact) mass is 267 g/mol. The van der Waals surface area contributed by atoms with Gasteiger partial charge in [0.2, 0.25) is 0 Å². The zero-order chi connectivity index (χ0) is 13.0. The summed E-state index contributed by atoms with van der Waals surface area (Å²) in [7, 11) is 4.23. The Kier molecular flexibility index (Phi) is 4.87. The van der Waals surface area contributed by atoms with Crippen molar-refractivity contribution in [3.8, 4) is 0 Å². The van der Waals surface area contributed by atoms with Crippen LogP contribution in [0.25, 0.3) is 0 Å². The van der Waals surface area contributed by atoms with E-state index in [0.717, 1.165) is 31.2 Å². The molecule has 0 aromatic heterocycles. The predicted molar refractivity (Wildman–Crippen MR) is 78.6 cm³/mol. The maximum atomic E-state index is 5.95. The average molecular weight is 268 g/mol. The maximum absolute atomic E-state index is 5.95. The molecular weight excluding hydrogens is 246 g/mol. The summed E-state index contributed by atoms with van der Waals surface area (Å²) in [6.45, 7) is 4.38. The minimum absolute atomic E-state index is 0.563. The lowest BCUT2D eigenvalue weighted by atomic mass is 10.2. The van der Waals surface area contributed by atoms with Crippen molar-refractivity contribution in [1.29, 1.82) is 0 Å². The van der Waals surface area contributed by atoms with Crippen LogP contribution in [0.3, 0.4) is 0 Å². The van der Waals surface area contributed by atoms with E-state index in [-0.39, 0.29) is 0 Å². The summed E-state index contributed by atoms with van der Waals surface area (Å²) in [5, 5.41) is 4.09. The lowest BCUT2D eigenvalue weighted by Crippen LogP contribution is -2.44. The van der Waals surface area contributed by atoms with Crippen molar-refractivity contribution in [3.63, 3.8) is 0 Å². The minimum Gasteiger partial charge on any atom is -0.370 e. The molecule has 0 radical (unpaired) electrons. The molecule has 1 fully saturated rings. The van der Waals surface area contributed by atoms with E-state index in [0.29, 0.717) is 6.04 Å². The number of benzene rings is 1. The van der Waals surface area contributed by atoms with Crippen LogP contribution in [-0.2, 0) is 0 Å². The van der Waals surface area contributed by atoms with Crippen LogP contribution in [0.15, 0.2) is 24.3 Å². The van der Waals surface area contributed by atoms with E-state index in [1.165, 1.54) is 12.1 Å². The van der Waals surface area contributed by atoms with Gasteiger partial charge < -0.3 is 15.1 Å². The number of halogens is 1. The van der Waals surface area contributed by atoms with Crippen LogP contribution in [-0.4, -0.2) is 51.2 Å². The van der Waals surface area contributed by atoms with E-state index in [2.05, 4.69) is 34.3 Å². The summed E-state index contributed by atoms with van der Waals surface area (Å²) < 4.78 is 0. The second-order valence-corrected chi connectivity index (χ2v) is 5.40. The van der Waals surface area contributed by atoms with Crippen molar-refractivity contribution >= 4 is 17.3 Å². The van der Waals surface area contributed by atoms with Crippen LogP contribution < -0.4 is 10.2 Å². The first-order valence-electron chi connectivity index (χ1n) is 6.56. The van der Waals surface area contributed by atoms with Gasteiger partial charge in [0, 0.05) is 36.4 Å². The zero-order valence-corrected chi connectivity index (χ0v) is 12.0. The van der Waals surface area contributed by atoms with E-state index in [4.69, 9.17) is 11.6 Å². The molecule has 1 aromatic rings. The Morgan fingerprint density at radius 1 is 1.28 bits per heavy atom. The molecule has 0 amide bonds. The van der Waals surface area contributed by atoms with Crippen molar-refractivity contribution in [3.05, 3.63) is 29.3 Å². The number of hydrogen-bond acceptors (Lipinski definition) is 3. The third-order valence-corrected chi connectivity index (χ3v) is 3.88. The third kappa shape index (κ3) is 3.37. The van der Waals surface area contributed by atoms with Gasteiger partial charge in [0.15, 0.2) is 0 Å². The van der Waals surface area contributed by atoms with Crippen molar-refractivity contribution in [2.75, 3.05) is 45.2 Å². The van der Waals surface area contributed by atoms with Gasteiger partial charge in [-0.15, -0.1) is 0 Å². The normalized spacial score (nSPS) is 21.9. The standard InChI is InChI=1S/C14H22ClN3/c1-16-10-14-11-18(9-3-8-17(14)2)13-6-4-12(15)5-7-13/h4-7,14,16H,3,8-11H2,1-2H3. The molecule has 0 spiro atoms. The number of nitrogens with one attached hydrogen (secondary N) is 1. The topological polar surface area (TPSA) is 18.5 Å². The van der Waals surface area contributed by atoms with Gasteiger partial charge in [-0.1, -0.05) is 11.6 Å². The van der Waals surface area contributed by atoms with Gasteiger partial charge in [-0.25, -0.2) is 0 Å². The quantitative estimate of drug-likeness (QED) is 0.905. The summed E-state index contributed by atoms with van der Waals surface area (Å²) in [5.41, 5.74) is 1.27. The summed E-state index contributed by atoms with van der Waals surface area (Å²) in [6.07, 6.45) is 1.21. The Morgan fingerprint density at radius 3 is 2.67 bits per heavy atom. The van der Waals surface area contributed by atoms with Crippen molar-refractivity contribution < 1.29 is 0 Å². The molecule has 1 saturated heterocycles. The highest BCUT2D eigenvalue weighted by Crippen LogP contribution is 2.20. The number of anilines is 1. The van der Waals surface area contributed by atoms with Gasteiger partial charge >= 0.3 is 0 Å². The molecular formula is C14H22ClN3. The fourth-order valence-electron chi connectivity index (χ4n) is 2.52. The second kappa shape index (κ2) is 6.41. The molecule has 4 heteroatoms. The molecule has 2 rings (SSSR count). The lowest BCUT2D eigenvalue weighted by molar-refractivity contribution is 0.257. The zero-order valence-electron chi connectivity index (χ0n) is 11.2. The van der Waals surface area contributed by atoms with Gasteiger partial charge in [0.25, 0.3) is 0 Å². The molecule has 100 valence electrons.